The second-order valence-electron chi connectivity index (χ2n) is 8.60. The summed E-state index contributed by atoms with van der Waals surface area (Å²) in [4.78, 5) is 26.6. The van der Waals surface area contributed by atoms with Crippen LogP contribution in [0, 0.1) is 18.3 Å². The number of carbonyl (C=O) groups excluding carboxylic acids is 2. The van der Waals surface area contributed by atoms with Crippen molar-refractivity contribution >= 4 is 29.1 Å². The summed E-state index contributed by atoms with van der Waals surface area (Å²) in [6.07, 6.45) is -9.89. The fourth-order valence-corrected chi connectivity index (χ4v) is 4.04. The second-order valence-corrected chi connectivity index (χ2v) is 9.00. The van der Waals surface area contributed by atoms with Crippen LogP contribution in [-0.4, -0.2) is 55.2 Å². The van der Waals surface area contributed by atoms with Gasteiger partial charge in [-0.2, -0.15) is 28.3 Å². The quantitative estimate of drug-likeness (QED) is 0.288. The predicted molar refractivity (Wildman–Crippen MR) is 134 cm³/mol. The van der Waals surface area contributed by atoms with Crippen LogP contribution in [0.5, 0.6) is 5.75 Å². The van der Waals surface area contributed by atoms with Gasteiger partial charge in [0.05, 0.1) is 39.3 Å². The average Bonchev–Trinajstić information content (AvgIpc) is 3.56. The normalized spacial score (nSPS) is 11.6. The van der Waals surface area contributed by atoms with E-state index in [1.165, 1.54) is 26.1 Å². The summed E-state index contributed by atoms with van der Waals surface area (Å²) >= 11 is 6.21. The molecule has 0 saturated heterocycles. The number of alkyl halides is 6. The Hall–Kier alpha value is -5.18. The fraction of sp³-hybridized carbons (Fsp3) is 0.208. The SMILES string of the molecule is CNC(=O)c1cc(C#N)cc(C)c1NC(=O)c1cc(Cn2nnc(C(F)(F)F)n2)nn1-c1ccc(OC(F)(F)F)cc1Cl. The third kappa shape index (κ3) is 7.01. The van der Waals surface area contributed by atoms with Crippen LogP contribution in [0.15, 0.2) is 36.4 Å². The van der Waals surface area contributed by atoms with Crippen molar-refractivity contribution in [3.63, 3.8) is 0 Å². The smallest absolute Gasteiger partial charge is 0.406 e. The Bertz CT molecular complexity index is 1760. The molecule has 19 heteroatoms. The highest BCUT2D eigenvalue weighted by atomic mass is 35.5. The first-order valence-corrected chi connectivity index (χ1v) is 12.0. The minimum absolute atomic E-state index is 0.0189. The molecule has 12 nitrogen and oxygen atoms in total. The number of aryl methyl sites for hydroxylation is 1. The fourth-order valence-electron chi connectivity index (χ4n) is 3.79. The van der Waals surface area contributed by atoms with Gasteiger partial charge in [0.15, 0.2) is 0 Å². The lowest BCUT2D eigenvalue weighted by Crippen LogP contribution is -2.23. The van der Waals surface area contributed by atoms with Gasteiger partial charge in [-0.3, -0.25) is 9.59 Å². The standard InChI is InChI=1S/C24H16ClF6N9O3/c1-11-5-12(9-32)6-15(20(41)33-2)19(11)34-21(42)18-7-13(10-39-37-22(35-38-39)23(26,27)28)36-40(18)17-4-3-14(8-16(17)25)43-24(29,30)31/h3-8H,10H2,1-2H3,(H,33,41)(H,34,42). The highest BCUT2D eigenvalue weighted by Gasteiger charge is 2.37. The molecule has 2 amide bonds. The average molecular weight is 628 g/mol. The van der Waals surface area contributed by atoms with Gasteiger partial charge < -0.3 is 15.4 Å². The van der Waals surface area contributed by atoms with Gasteiger partial charge in [-0.1, -0.05) is 11.6 Å². The zero-order valence-corrected chi connectivity index (χ0v) is 22.4. The zero-order valence-electron chi connectivity index (χ0n) is 21.7. The third-order valence-electron chi connectivity index (χ3n) is 5.56. The number of nitrogens with zero attached hydrogens (tertiary/aromatic N) is 7. The van der Waals surface area contributed by atoms with Gasteiger partial charge in [0.25, 0.3) is 17.6 Å². The molecular weight excluding hydrogens is 612 g/mol. The van der Waals surface area contributed by atoms with E-state index >= 15 is 0 Å². The van der Waals surface area contributed by atoms with Crippen molar-refractivity contribution in [3.05, 3.63) is 75.3 Å². The van der Waals surface area contributed by atoms with E-state index in [2.05, 4.69) is 35.9 Å². The van der Waals surface area contributed by atoms with Crippen LogP contribution in [0.2, 0.25) is 5.02 Å². The number of nitrogens with one attached hydrogen (secondary N) is 2. The molecule has 2 aromatic heterocycles. The highest BCUT2D eigenvalue weighted by Crippen LogP contribution is 2.31. The number of rotatable bonds is 7. The molecule has 0 atom stereocenters. The summed E-state index contributed by atoms with van der Waals surface area (Å²) < 4.78 is 81.6. The molecule has 2 N–H and O–H groups in total. The molecule has 0 bridgehead atoms. The summed E-state index contributed by atoms with van der Waals surface area (Å²) in [5, 5.41) is 27.5. The Morgan fingerprint density at radius 2 is 1.79 bits per heavy atom. The molecule has 43 heavy (non-hydrogen) atoms. The van der Waals surface area contributed by atoms with Crippen LogP contribution in [0.4, 0.5) is 32.0 Å². The first kappa shape index (κ1) is 30.8. The minimum atomic E-state index is -5.02. The van der Waals surface area contributed by atoms with E-state index in [1.54, 1.807) is 0 Å². The maximum Gasteiger partial charge on any atom is 0.573 e. The van der Waals surface area contributed by atoms with Crippen molar-refractivity contribution in [2.75, 3.05) is 12.4 Å². The highest BCUT2D eigenvalue weighted by molar-refractivity contribution is 6.32. The van der Waals surface area contributed by atoms with Gasteiger partial charge in [-0.25, -0.2) is 4.68 Å². The first-order chi connectivity index (χ1) is 20.1. The van der Waals surface area contributed by atoms with Crippen LogP contribution in [0.3, 0.4) is 0 Å². The molecule has 4 rings (SSSR count). The lowest BCUT2D eigenvalue weighted by molar-refractivity contribution is -0.274. The molecule has 0 unspecified atom stereocenters. The van der Waals surface area contributed by atoms with E-state index in [1.807, 2.05) is 6.07 Å². The lowest BCUT2D eigenvalue weighted by Gasteiger charge is -2.15. The molecule has 0 fully saturated rings. The Morgan fingerprint density at radius 3 is 2.37 bits per heavy atom. The van der Waals surface area contributed by atoms with Gasteiger partial charge in [-0.05, 0) is 48.0 Å². The van der Waals surface area contributed by atoms with Gasteiger partial charge in [-0.15, -0.1) is 23.4 Å². The summed E-state index contributed by atoms with van der Waals surface area (Å²) in [6, 6.07) is 8.48. The van der Waals surface area contributed by atoms with Gasteiger partial charge >= 0.3 is 12.5 Å². The number of amides is 2. The summed E-state index contributed by atoms with van der Waals surface area (Å²) in [6.45, 7) is 1.01. The largest absolute Gasteiger partial charge is 0.573 e. The Labute approximate surface area is 241 Å². The topological polar surface area (TPSA) is 153 Å². The molecular formula is C24H16ClF6N9O3. The summed E-state index contributed by atoms with van der Waals surface area (Å²) in [7, 11) is 1.33. The van der Waals surface area contributed by atoms with Crippen LogP contribution in [0.25, 0.3) is 5.69 Å². The number of ether oxygens (including phenoxy) is 1. The van der Waals surface area contributed by atoms with Crippen LogP contribution in [-0.2, 0) is 12.7 Å². The van der Waals surface area contributed by atoms with Crippen molar-refractivity contribution in [1.82, 2.24) is 35.3 Å². The van der Waals surface area contributed by atoms with Gasteiger partial charge in [0, 0.05) is 13.1 Å². The van der Waals surface area contributed by atoms with Crippen molar-refractivity contribution in [2.45, 2.75) is 26.0 Å². The Morgan fingerprint density at radius 1 is 1.07 bits per heavy atom. The van der Waals surface area contributed by atoms with Crippen molar-refractivity contribution in [3.8, 4) is 17.5 Å². The number of tetrazole rings is 1. The lowest BCUT2D eigenvalue weighted by atomic mass is 10.0. The molecule has 4 aromatic rings. The predicted octanol–water partition coefficient (Wildman–Crippen LogP) is 4.27. The third-order valence-corrected chi connectivity index (χ3v) is 5.86. The maximum absolute atomic E-state index is 13.6. The van der Waals surface area contributed by atoms with Crippen LogP contribution >= 0.6 is 11.6 Å². The van der Waals surface area contributed by atoms with E-state index in [0.29, 0.717) is 10.4 Å². The first-order valence-electron chi connectivity index (χ1n) is 11.7. The summed E-state index contributed by atoms with van der Waals surface area (Å²) in [5.74, 6) is -3.74. The number of nitriles is 1. The second kappa shape index (κ2) is 11.6. The monoisotopic (exact) mass is 627 g/mol. The van der Waals surface area contributed by atoms with Crippen molar-refractivity contribution < 1.29 is 40.7 Å². The summed E-state index contributed by atoms with van der Waals surface area (Å²) in [5.41, 5.74) is -0.0703. The van der Waals surface area contributed by atoms with Crippen LogP contribution in [0.1, 0.15) is 43.5 Å². The molecule has 0 radical (unpaired) electrons. The number of benzene rings is 2. The number of carbonyl (C=O) groups is 2. The number of hydrogen-bond acceptors (Lipinski definition) is 8. The number of anilines is 1. The maximum atomic E-state index is 13.6. The molecule has 224 valence electrons. The molecule has 0 aliphatic heterocycles. The van der Waals surface area contributed by atoms with E-state index < -0.39 is 42.5 Å². The van der Waals surface area contributed by atoms with Crippen LogP contribution < -0.4 is 15.4 Å². The minimum Gasteiger partial charge on any atom is -0.406 e. The zero-order chi connectivity index (χ0) is 31.7. The molecule has 0 saturated carbocycles. The molecule has 0 aliphatic rings. The van der Waals surface area contributed by atoms with Crippen molar-refractivity contribution in [2.24, 2.45) is 0 Å². The van der Waals surface area contributed by atoms with E-state index in [0.717, 1.165) is 28.9 Å². The van der Waals surface area contributed by atoms with Crippen molar-refractivity contribution in [1.29, 1.82) is 5.26 Å². The molecule has 0 spiro atoms. The molecule has 0 aliphatic carbocycles. The number of hydrogen-bond donors (Lipinski definition) is 2. The molecule has 2 heterocycles. The van der Waals surface area contributed by atoms with E-state index in [-0.39, 0.29) is 38.9 Å². The molecule has 2 aromatic carbocycles. The Balaban J connectivity index is 1.79. The Kier molecular flexibility index (Phi) is 8.30. The van der Waals surface area contributed by atoms with E-state index in [9.17, 15) is 41.2 Å². The number of aromatic nitrogens is 6. The number of halogens is 7. The van der Waals surface area contributed by atoms with Gasteiger partial charge in [0.1, 0.15) is 18.0 Å². The van der Waals surface area contributed by atoms with E-state index in [4.69, 9.17) is 11.6 Å². The van der Waals surface area contributed by atoms with Gasteiger partial charge in [0.2, 0.25) is 0 Å².